The summed E-state index contributed by atoms with van der Waals surface area (Å²) in [5.74, 6) is -0.291. The summed E-state index contributed by atoms with van der Waals surface area (Å²) in [4.78, 5) is 15.2. The van der Waals surface area contributed by atoms with Gasteiger partial charge in [-0.25, -0.2) is 8.42 Å². The second kappa shape index (κ2) is 14.8. The van der Waals surface area contributed by atoms with Gasteiger partial charge in [-0.1, -0.05) is 31.4 Å². The molecule has 242 valence electrons. The van der Waals surface area contributed by atoms with Crippen molar-refractivity contribution in [3.63, 3.8) is 0 Å². The molecule has 1 saturated carbocycles. The van der Waals surface area contributed by atoms with Crippen molar-refractivity contribution in [2.24, 2.45) is 0 Å². The number of carbonyl (C=O) groups is 1. The summed E-state index contributed by atoms with van der Waals surface area (Å²) in [6.45, 7) is -0.831. The third-order valence-electron chi connectivity index (χ3n) is 8.07. The van der Waals surface area contributed by atoms with Crippen LogP contribution in [-0.2, 0) is 30.5 Å². The lowest BCUT2D eigenvalue weighted by Gasteiger charge is -2.35. The lowest BCUT2D eigenvalue weighted by Crippen LogP contribution is -2.41. The van der Waals surface area contributed by atoms with Crippen LogP contribution in [0.3, 0.4) is 0 Å². The number of amides is 1. The van der Waals surface area contributed by atoms with Gasteiger partial charge in [-0.15, -0.1) is 0 Å². The predicted molar refractivity (Wildman–Crippen MR) is 156 cm³/mol. The number of ether oxygens (including phenoxy) is 3. The predicted octanol–water partition coefficient (Wildman–Crippen LogP) is 4.92. The van der Waals surface area contributed by atoms with E-state index in [-0.39, 0.29) is 48.7 Å². The van der Waals surface area contributed by atoms with Gasteiger partial charge in [0.15, 0.2) is 5.76 Å². The van der Waals surface area contributed by atoms with E-state index in [4.69, 9.17) is 14.2 Å². The third-order valence-corrected chi connectivity index (χ3v) is 9.98. The summed E-state index contributed by atoms with van der Waals surface area (Å²) in [7, 11) is -0.788. The van der Waals surface area contributed by atoms with Gasteiger partial charge in [0.05, 0.1) is 30.8 Å². The molecular formula is C31H39F3N2O7S. The first-order valence-electron chi connectivity index (χ1n) is 14.6. The summed E-state index contributed by atoms with van der Waals surface area (Å²) >= 11 is 0. The molecule has 0 spiro atoms. The molecule has 1 amide bonds. The number of alkyl halides is 3. The highest BCUT2D eigenvalue weighted by atomic mass is 32.2. The first-order valence-corrected chi connectivity index (χ1v) is 16.1. The smallest absolute Gasteiger partial charge is 0.416 e. The van der Waals surface area contributed by atoms with Crippen LogP contribution in [0.15, 0.2) is 65.3 Å². The molecule has 2 aliphatic rings. The summed E-state index contributed by atoms with van der Waals surface area (Å²) in [5, 5.41) is 9.55. The van der Waals surface area contributed by atoms with Crippen molar-refractivity contribution in [3.05, 3.63) is 71.5 Å². The van der Waals surface area contributed by atoms with Crippen molar-refractivity contribution in [2.45, 2.75) is 67.8 Å². The maximum atomic E-state index is 13.5. The standard InChI is InChI=1S/C31H39F3N2O7S/c1-35(25-6-4-3-5-7-25)30(38)28-20-23(22-8-10-24(11-9-22)31(32,33)34)21-29(43-28)42-19-17-36(16-18-37)44(39,40)27-14-12-26(41-2)13-15-27/h8-15,20,23,25,29,37H,3-7,16-19,21H2,1-2H3/t23-,29+/m1/s1. The Kier molecular flexibility index (Phi) is 11.3. The number of allylic oxidation sites excluding steroid dienone is 1. The average molecular weight is 641 g/mol. The van der Waals surface area contributed by atoms with Gasteiger partial charge in [-0.3, -0.25) is 4.79 Å². The van der Waals surface area contributed by atoms with Crippen molar-refractivity contribution >= 4 is 15.9 Å². The summed E-state index contributed by atoms with van der Waals surface area (Å²) < 4.78 is 84.1. The fourth-order valence-electron chi connectivity index (χ4n) is 5.52. The SMILES string of the molecule is COc1ccc(S(=O)(=O)N(CCO)CCO[C@@H]2C[C@H](c3ccc(C(F)(F)F)cc3)C=C(C(=O)N(C)C3CCCCC3)O2)cc1. The Morgan fingerprint density at radius 2 is 1.68 bits per heavy atom. The number of carbonyl (C=O) groups excluding carboxylic acids is 1. The van der Waals surface area contributed by atoms with Crippen LogP contribution >= 0.6 is 0 Å². The van der Waals surface area contributed by atoms with Crippen LogP contribution in [0.1, 0.15) is 55.6 Å². The molecule has 1 heterocycles. The molecule has 1 fully saturated rings. The van der Waals surface area contributed by atoms with Crippen LogP contribution in [0.4, 0.5) is 13.2 Å². The number of sulfonamides is 1. The van der Waals surface area contributed by atoms with E-state index in [1.807, 2.05) is 0 Å². The maximum absolute atomic E-state index is 13.5. The normalized spacial score (nSPS) is 19.8. The zero-order chi connectivity index (χ0) is 31.9. The van der Waals surface area contributed by atoms with Crippen molar-refractivity contribution in [2.75, 3.05) is 40.5 Å². The van der Waals surface area contributed by atoms with E-state index >= 15 is 0 Å². The molecule has 9 nitrogen and oxygen atoms in total. The van der Waals surface area contributed by atoms with Gasteiger partial charge >= 0.3 is 6.18 Å². The quantitative estimate of drug-likeness (QED) is 0.351. The molecule has 2 atom stereocenters. The number of hydrogen-bond donors (Lipinski definition) is 1. The molecule has 0 saturated heterocycles. The highest BCUT2D eigenvalue weighted by molar-refractivity contribution is 7.89. The Morgan fingerprint density at radius 1 is 1.02 bits per heavy atom. The van der Waals surface area contributed by atoms with Crippen molar-refractivity contribution in [3.8, 4) is 5.75 Å². The van der Waals surface area contributed by atoms with E-state index in [9.17, 15) is 31.5 Å². The fraction of sp³-hybridized carbons (Fsp3) is 0.516. The molecule has 1 aliphatic heterocycles. The van der Waals surface area contributed by atoms with E-state index in [0.29, 0.717) is 11.3 Å². The fourth-order valence-corrected chi connectivity index (χ4v) is 6.93. The van der Waals surface area contributed by atoms with Gasteiger partial charge in [0.1, 0.15) is 5.75 Å². The summed E-state index contributed by atoms with van der Waals surface area (Å²) in [5.41, 5.74) is -0.218. The maximum Gasteiger partial charge on any atom is 0.416 e. The van der Waals surface area contributed by atoms with Gasteiger partial charge in [0.2, 0.25) is 16.3 Å². The number of nitrogens with zero attached hydrogens (tertiary/aromatic N) is 2. The highest BCUT2D eigenvalue weighted by Gasteiger charge is 2.34. The minimum Gasteiger partial charge on any atom is -0.497 e. The molecule has 1 aliphatic carbocycles. The first-order chi connectivity index (χ1) is 20.9. The second-order valence-electron chi connectivity index (χ2n) is 10.9. The number of likely N-dealkylation sites (N-methyl/N-ethyl adjacent to an activating group) is 1. The number of rotatable bonds is 12. The summed E-state index contributed by atoms with van der Waals surface area (Å²) in [6.07, 6.45) is 1.28. The largest absolute Gasteiger partial charge is 0.497 e. The Labute approximate surface area is 256 Å². The van der Waals surface area contributed by atoms with Gasteiger partial charge in [0.25, 0.3) is 5.91 Å². The van der Waals surface area contributed by atoms with Crippen LogP contribution in [-0.4, -0.2) is 81.4 Å². The third kappa shape index (κ3) is 8.32. The number of methoxy groups -OCH3 is 1. The highest BCUT2D eigenvalue weighted by Crippen LogP contribution is 2.35. The number of halogens is 3. The molecule has 2 aromatic carbocycles. The average Bonchev–Trinajstić information content (AvgIpc) is 3.03. The van der Waals surface area contributed by atoms with Crippen LogP contribution in [0.25, 0.3) is 0 Å². The van der Waals surface area contributed by atoms with E-state index in [1.165, 1.54) is 43.5 Å². The molecule has 1 N–H and O–H groups in total. The Morgan fingerprint density at radius 3 is 2.27 bits per heavy atom. The van der Waals surface area contributed by atoms with Crippen LogP contribution in [0, 0.1) is 0 Å². The summed E-state index contributed by atoms with van der Waals surface area (Å²) in [6, 6.07) is 10.7. The number of aliphatic hydroxyl groups excluding tert-OH is 1. The molecule has 13 heteroatoms. The van der Waals surface area contributed by atoms with Crippen LogP contribution in [0.5, 0.6) is 5.75 Å². The minimum atomic E-state index is -4.48. The van der Waals surface area contributed by atoms with Crippen molar-refractivity contribution < 1.29 is 45.7 Å². The van der Waals surface area contributed by atoms with E-state index < -0.39 is 40.6 Å². The Bertz CT molecular complexity index is 1380. The molecular weight excluding hydrogens is 601 g/mol. The molecule has 0 radical (unpaired) electrons. The number of benzene rings is 2. The van der Waals surface area contributed by atoms with Gasteiger partial charge in [-0.2, -0.15) is 17.5 Å². The number of hydrogen-bond acceptors (Lipinski definition) is 7. The Balaban J connectivity index is 1.50. The van der Waals surface area contributed by atoms with Gasteiger partial charge in [-0.05, 0) is 60.9 Å². The van der Waals surface area contributed by atoms with E-state index in [1.54, 1.807) is 18.0 Å². The van der Waals surface area contributed by atoms with Crippen molar-refractivity contribution in [1.82, 2.24) is 9.21 Å². The van der Waals surface area contributed by atoms with Crippen LogP contribution in [0.2, 0.25) is 0 Å². The minimum absolute atomic E-state index is 0.0181. The molecule has 0 aromatic heterocycles. The lowest BCUT2D eigenvalue weighted by atomic mass is 9.91. The van der Waals surface area contributed by atoms with E-state index in [2.05, 4.69) is 0 Å². The lowest BCUT2D eigenvalue weighted by molar-refractivity contribution is -0.153. The zero-order valence-electron chi connectivity index (χ0n) is 24.8. The molecule has 44 heavy (non-hydrogen) atoms. The van der Waals surface area contributed by atoms with Gasteiger partial charge in [0, 0.05) is 38.5 Å². The Hall–Kier alpha value is -3.13. The zero-order valence-corrected chi connectivity index (χ0v) is 25.6. The second-order valence-corrected chi connectivity index (χ2v) is 12.9. The first kappa shape index (κ1) is 33.8. The molecule has 0 unspecified atom stereocenters. The molecule has 4 rings (SSSR count). The molecule has 2 aromatic rings. The number of aliphatic hydroxyl groups is 1. The molecule has 0 bridgehead atoms. The van der Waals surface area contributed by atoms with Crippen LogP contribution < -0.4 is 4.74 Å². The topological polar surface area (TPSA) is 106 Å². The van der Waals surface area contributed by atoms with Crippen molar-refractivity contribution in [1.29, 1.82) is 0 Å². The monoisotopic (exact) mass is 640 g/mol. The van der Waals surface area contributed by atoms with E-state index in [0.717, 1.165) is 48.5 Å². The van der Waals surface area contributed by atoms with Gasteiger partial charge < -0.3 is 24.2 Å².